The first-order valence-corrected chi connectivity index (χ1v) is 7.66. The summed E-state index contributed by atoms with van der Waals surface area (Å²) in [6.07, 6.45) is 4.89. The third-order valence-electron chi connectivity index (χ3n) is 3.31. The highest BCUT2D eigenvalue weighted by Gasteiger charge is 2.17. The fraction of sp³-hybridized carbons (Fsp3) is 0.133. The number of ether oxygens (including phenoxy) is 2. The summed E-state index contributed by atoms with van der Waals surface area (Å²) in [4.78, 5) is 17.1. The SMILES string of the molecule is Cn1cc(NC(=O)c2cnc(-c3ccc4c(c3)OCO4)s2)cn1. The minimum absolute atomic E-state index is 0.206. The first-order valence-electron chi connectivity index (χ1n) is 6.85. The molecule has 0 fully saturated rings. The maximum atomic E-state index is 12.2. The van der Waals surface area contributed by atoms with Gasteiger partial charge in [-0.1, -0.05) is 0 Å². The lowest BCUT2D eigenvalue weighted by Crippen LogP contribution is -2.09. The summed E-state index contributed by atoms with van der Waals surface area (Å²) in [6.45, 7) is 0.232. The molecule has 23 heavy (non-hydrogen) atoms. The van der Waals surface area contributed by atoms with E-state index in [9.17, 15) is 4.79 Å². The Kier molecular flexibility index (Phi) is 3.23. The number of amides is 1. The molecule has 0 aliphatic carbocycles. The van der Waals surface area contributed by atoms with Crippen molar-refractivity contribution in [3.8, 4) is 22.1 Å². The highest BCUT2D eigenvalue weighted by atomic mass is 32.1. The average Bonchev–Trinajstić information content (AvgIpc) is 3.26. The molecule has 0 spiro atoms. The molecular formula is C15H12N4O3S. The zero-order valence-electron chi connectivity index (χ0n) is 12.1. The molecule has 0 unspecified atom stereocenters. The Morgan fingerprint density at radius 3 is 3.00 bits per heavy atom. The van der Waals surface area contributed by atoms with Crippen molar-refractivity contribution in [1.82, 2.24) is 14.8 Å². The molecule has 0 atom stereocenters. The van der Waals surface area contributed by atoms with E-state index in [1.165, 1.54) is 11.3 Å². The Morgan fingerprint density at radius 1 is 1.30 bits per heavy atom. The monoisotopic (exact) mass is 328 g/mol. The lowest BCUT2D eigenvalue weighted by molar-refractivity contribution is 0.103. The van der Waals surface area contributed by atoms with Crippen molar-refractivity contribution in [2.45, 2.75) is 0 Å². The molecule has 1 aromatic carbocycles. The van der Waals surface area contributed by atoms with Gasteiger partial charge < -0.3 is 14.8 Å². The van der Waals surface area contributed by atoms with Crippen LogP contribution in [0.25, 0.3) is 10.6 Å². The second kappa shape index (κ2) is 5.40. The van der Waals surface area contributed by atoms with E-state index in [2.05, 4.69) is 15.4 Å². The van der Waals surface area contributed by atoms with Crippen LogP contribution in [0.5, 0.6) is 11.5 Å². The Labute approximate surface area is 135 Å². The molecule has 1 aliphatic heterocycles. The number of carbonyl (C=O) groups excluding carboxylic acids is 1. The number of nitrogens with one attached hydrogen (secondary N) is 1. The maximum absolute atomic E-state index is 12.2. The molecule has 7 nitrogen and oxygen atoms in total. The van der Waals surface area contributed by atoms with Crippen LogP contribution < -0.4 is 14.8 Å². The van der Waals surface area contributed by atoms with Crippen LogP contribution in [0.4, 0.5) is 5.69 Å². The Morgan fingerprint density at radius 2 is 2.17 bits per heavy atom. The zero-order chi connectivity index (χ0) is 15.8. The summed E-state index contributed by atoms with van der Waals surface area (Å²) in [5, 5.41) is 7.55. The average molecular weight is 328 g/mol. The Bertz CT molecular complexity index is 886. The number of rotatable bonds is 3. The van der Waals surface area contributed by atoms with Gasteiger partial charge in [-0.05, 0) is 18.2 Å². The normalized spacial score (nSPS) is 12.4. The van der Waals surface area contributed by atoms with E-state index in [-0.39, 0.29) is 12.7 Å². The summed E-state index contributed by atoms with van der Waals surface area (Å²) in [5.74, 6) is 1.21. The first-order chi connectivity index (χ1) is 11.2. The highest BCUT2D eigenvalue weighted by Crippen LogP contribution is 2.37. The van der Waals surface area contributed by atoms with Crippen molar-refractivity contribution in [2.75, 3.05) is 12.1 Å². The Balaban J connectivity index is 1.55. The van der Waals surface area contributed by atoms with E-state index < -0.39 is 0 Å². The van der Waals surface area contributed by atoms with Gasteiger partial charge in [0.05, 0.1) is 18.1 Å². The number of fused-ring (bicyclic) bond motifs is 1. The summed E-state index contributed by atoms with van der Waals surface area (Å²) in [7, 11) is 1.79. The second-order valence-electron chi connectivity index (χ2n) is 4.95. The van der Waals surface area contributed by atoms with Crippen LogP contribution in [0.2, 0.25) is 0 Å². The standard InChI is InChI=1S/C15H12N4O3S/c1-19-7-10(5-17-19)18-14(20)13-6-16-15(23-13)9-2-3-11-12(4-9)22-8-21-11/h2-7H,8H2,1H3,(H,18,20). The predicted octanol–water partition coefficient (Wildman–Crippen LogP) is 2.52. The number of benzene rings is 1. The molecule has 3 aromatic rings. The van der Waals surface area contributed by atoms with Gasteiger partial charge in [0.15, 0.2) is 11.5 Å². The second-order valence-corrected chi connectivity index (χ2v) is 5.99. The molecular weight excluding hydrogens is 316 g/mol. The topological polar surface area (TPSA) is 78.3 Å². The van der Waals surface area contributed by atoms with Crippen LogP contribution in [0.3, 0.4) is 0 Å². The first kappa shape index (κ1) is 13.8. The van der Waals surface area contributed by atoms with Gasteiger partial charge in [-0.15, -0.1) is 11.3 Å². The predicted molar refractivity (Wildman–Crippen MR) is 84.8 cm³/mol. The number of anilines is 1. The lowest BCUT2D eigenvalue weighted by Gasteiger charge is -1.99. The number of aryl methyl sites for hydroxylation is 1. The minimum atomic E-state index is -0.206. The maximum Gasteiger partial charge on any atom is 0.267 e. The van der Waals surface area contributed by atoms with Gasteiger partial charge >= 0.3 is 0 Å². The lowest BCUT2D eigenvalue weighted by atomic mass is 10.2. The smallest absolute Gasteiger partial charge is 0.267 e. The molecule has 1 amide bonds. The van der Waals surface area contributed by atoms with Gasteiger partial charge in [0, 0.05) is 18.8 Å². The van der Waals surface area contributed by atoms with Crippen molar-refractivity contribution < 1.29 is 14.3 Å². The third kappa shape index (κ3) is 2.64. The fourth-order valence-corrected chi connectivity index (χ4v) is 3.03. The van der Waals surface area contributed by atoms with Crippen molar-refractivity contribution in [3.05, 3.63) is 41.7 Å². The molecule has 116 valence electrons. The number of carbonyl (C=O) groups is 1. The molecule has 4 rings (SSSR count). The summed E-state index contributed by atoms with van der Waals surface area (Å²) >= 11 is 1.32. The quantitative estimate of drug-likeness (QED) is 0.799. The molecule has 0 saturated carbocycles. The van der Waals surface area contributed by atoms with E-state index in [1.54, 1.807) is 30.3 Å². The summed E-state index contributed by atoms with van der Waals surface area (Å²) < 4.78 is 12.3. The van der Waals surface area contributed by atoms with Crippen LogP contribution in [-0.2, 0) is 7.05 Å². The third-order valence-corrected chi connectivity index (χ3v) is 4.36. The van der Waals surface area contributed by atoms with E-state index in [0.717, 1.165) is 16.3 Å². The number of nitrogens with zero attached hydrogens (tertiary/aromatic N) is 3. The van der Waals surface area contributed by atoms with Gasteiger partial charge in [0.2, 0.25) is 6.79 Å². The van der Waals surface area contributed by atoms with E-state index in [4.69, 9.17) is 9.47 Å². The van der Waals surface area contributed by atoms with E-state index in [0.29, 0.717) is 16.3 Å². The van der Waals surface area contributed by atoms with Crippen molar-refractivity contribution in [3.63, 3.8) is 0 Å². The molecule has 2 aromatic heterocycles. The zero-order valence-corrected chi connectivity index (χ0v) is 13.0. The summed E-state index contributed by atoms with van der Waals surface area (Å²) in [6, 6.07) is 5.60. The van der Waals surface area contributed by atoms with E-state index in [1.807, 2.05) is 18.2 Å². The minimum Gasteiger partial charge on any atom is -0.454 e. The van der Waals surface area contributed by atoms with Crippen molar-refractivity contribution in [2.24, 2.45) is 7.05 Å². The molecule has 0 radical (unpaired) electrons. The molecule has 1 N–H and O–H groups in total. The number of hydrogen-bond acceptors (Lipinski definition) is 6. The van der Waals surface area contributed by atoms with Crippen LogP contribution in [0, 0.1) is 0 Å². The largest absolute Gasteiger partial charge is 0.454 e. The fourth-order valence-electron chi connectivity index (χ4n) is 2.22. The van der Waals surface area contributed by atoms with E-state index >= 15 is 0 Å². The molecule has 8 heteroatoms. The molecule has 1 aliphatic rings. The van der Waals surface area contributed by atoms with Crippen molar-refractivity contribution >= 4 is 22.9 Å². The molecule has 0 saturated heterocycles. The van der Waals surface area contributed by atoms with Gasteiger partial charge in [-0.3, -0.25) is 9.48 Å². The van der Waals surface area contributed by atoms with Gasteiger partial charge in [-0.2, -0.15) is 5.10 Å². The summed E-state index contributed by atoms with van der Waals surface area (Å²) in [5.41, 5.74) is 1.54. The van der Waals surface area contributed by atoms with Gasteiger partial charge in [0.1, 0.15) is 9.88 Å². The van der Waals surface area contributed by atoms with Gasteiger partial charge in [0.25, 0.3) is 5.91 Å². The Hall–Kier alpha value is -2.87. The van der Waals surface area contributed by atoms with Crippen molar-refractivity contribution in [1.29, 1.82) is 0 Å². The molecule has 0 bridgehead atoms. The van der Waals surface area contributed by atoms with Crippen LogP contribution in [0.15, 0.2) is 36.8 Å². The number of hydrogen-bond donors (Lipinski definition) is 1. The number of aromatic nitrogens is 3. The van der Waals surface area contributed by atoms with Crippen LogP contribution >= 0.6 is 11.3 Å². The number of thiazole rings is 1. The molecule has 3 heterocycles. The highest BCUT2D eigenvalue weighted by molar-refractivity contribution is 7.17. The van der Waals surface area contributed by atoms with Gasteiger partial charge in [-0.25, -0.2) is 4.98 Å². The van der Waals surface area contributed by atoms with Crippen LogP contribution in [-0.4, -0.2) is 27.5 Å². The van der Waals surface area contributed by atoms with Crippen LogP contribution in [0.1, 0.15) is 9.67 Å².